The summed E-state index contributed by atoms with van der Waals surface area (Å²) < 4.78 is 1.94. The maximum Gasteiger partial charge on any atom is 0.178 e. The molecule has 1 saturated carbocycles. The molecule has 0 bridgehead atoms. The molecule has 0 spiro atoms. The van der Waals surface area contributed by atoms with Gasteiger partial charge < -0.3 is 16.4 Å². The molecule has 37 heavy (non-hydrogen) atoms. The van der Waals surface area contributed by atoms with Crippen LogP contribution < -0.4 is 16.4 Å². The number of nitrogens with zero attached hydrogens (tertiary/aromatic N) is 5. The Bertz CT molecular complexity index is 1500. The largest absolute Gasteiger partial charge is 0.366 e. The Balaban J connectivity index is 1.35. The molecule has 4 heterocycles. The van der Waals surface area contributed by atoms with Crippen molar-refractivity contribution in [3.05, 3.63) is 58.4 Å². The number of thiophene rings is 1. The number of hydrogen-bond acceptors (Lipinski definition) is 9. The predicted octanol–water partition coefficient (Wildman–Crippen LogP) is 6.53. The van der Waals surface area contributed by atoms with Gasteiger partial charge in [-0.25, -0.2) is 9.50 Å². The summed E-state index contributed by atoms with van der Waals surface area (Å²) in [6.07, 6.45) is 6.06. The number of rotatable bonds is 7. The average molecular weight is 531 g/mol. The minimum Gasteiger partial charge on any atom is -0.366 e. The van der Waals surface area contributed by atoms with Crippen molar-refractivity contribution in [3.8, 4) is 21.8 Å². The van der Waals surface area contributed by atoms with Crippen LogP contribution in [0.25, 0.3) is 27.5 Å². The van der Waals surface area contributed by atoms with Gasteiger partial charge in [0.1, 0.15) is 15.8 Å². The Hall–Kier alpha value is -3.34. The van der Waals surface area contributed by atoms with Crippen molar-refractivity contribution in [1.82, 2.24) is 24.8 Å². The third kappa shape index (κ3) is 5.09. The van der Waals surface area contributed by atoms with Crippen molar-refractivity contribution in [2.24, 2.45) is 5.73 Å². The van der Waals surface area contributed by atoms with Crippen LogP contribution in [0.4, 0.5) is 17.2 Å². The van der Waals surface area contributed by atoms with Crippen molar-refractivity contribution in [1.29, 1.82) is 0 Å². The molecule has 0 radical (unpaired) electrons. The van der Waals surface area contributed by atoms with Crippen LogP contribution in [0.3, 0.4) is 0 Å². The second kappa shape index (κ2) is 10.2. The number of hydrogen-bond donors (Lipinski definition) is 3. The van der Waals surface area contributed by atoms with E-state index < -0.39 is 0 Å². The number of aromatic nitrogens is 5. The third-order valence-corrected chi connectivity index (χ3v) is 8.69. The summed E-state index contributed by atoms with van der Waals surface area (Å²) in [4.78, 5) is 4.75. The van der Waals surface area contributed by atoms with Crippen molar-refractivity contribution >= 4 is 45.5 Å². The standard InChI is InChI=1S/C27H30N8S2/c1-16(2)26-32-33-27(37-26)17-4-3-5-21(12-17)30-22-13-24(31-20-8-6-19(28)7-9-20)34-35-23(14-29-25(22)35)18-10-11-36-15-18/h3-5,10-16,19-20,30H,6-9,28H2,1-2H3,(H,31,34). The molecular weight excluding hydrogens is 500 g/mol. The summed E-state index contributed by atoms with van der Waals surface area (Å²) in [5.41, 5.74) is 11.9. The topological polar surface area (TPSA) is 106 Å². The van der Waals surface area contributed by atoms with Gasteiger partial charge in [-0.15, -0.1) is 15.3 Å². The summed E-state index contributed by atoms with van der Waals surface area (Å²) in [5, 5.41) is 27.2. The van der Waals surface area contributed by atoms with E-state index in [1.165, 1.54) is 0 Å². The van der Waals surface area contributed by atoms with E-state index >= 15 is 0 Å². The molecule has 190 valence electrons. The monoisotopic (exact) mass is 530 g/mol. The van der Waals surface area contributed by atoms with Gasteiger partial charge in [0.05, 0.1) is 17.6 Å². The van der Waals surface area contributed by atoms with Crippen molar-refractivity contribution in [3.63, 3.8) is 0 Å². The molecule has 0 amide bonds. The van der Waals surface area contributed by atoms with E-state index in [4.69, 9.17) is 15.8 Å². The molecule has 0 aliphatic heterocycles. The lowest BCUT2D eigenvalue weighted by Gasteiger charge is -2.27. The lowest BCUT2D eigenvalue weighted by molar-refractivity contribution is 0.410. The second-order valence-corrected chi connectivity index (χ2v) is 11.7. The van der Waals surface area contributed by atoms with Crippen LogP contribution in [0.15, 0.2) is 53.4 Å². The van der Waals surface area contributed by atoms with Gasteiger partial charge in [-0.05, 0) is 49.3 Å². The van der Waals surface area contributed by atoms with E-state index in [-0.39, 0.29) is 0 Å². The lowest BCUT2D eigenvalue weighted by Crippen LogP contribution is -2.33. The van der Waals surface area contributed by atoms with E-state index in [2.05, 4.69) is 75.8 Å². The zero-order chi connectivity index (χ0) is 25.4. The number of anilines is 3. The van der Waals surface area contributed by atoms with Crippen LogP contribution in [-0.2, 0) is 0 Å². The smallest absolute Gasteiger partial charge is 0.178 e. The lowest BCUT2D eigenvalue weighted by atomic mass is 9.92. The maximum atomic E-state index is 6.13. The summed E-state index contributed by atoms with van der Waals surface area (Å²) in [5.74, 6) is 1.19. The maximum absolute atomic E-state index is 6.13. The number of fused-ring (bicyclic) bond motifs is 1. The zero-order valence-electron chi connectivity index (χ0n) is 20.9. The molecule has 1 fully saturated rings. The van der Waals surface area contributed by atoms with E-state index in [1.54, 1.807) is 22.7 Å². The summed E-state index contributed by atoms with van der Waals surface area (Å²) >= 11 is 3.31. The van der Waals surface area contributed by atoms with Gasteiger partial charge in [0.25, 0.3) is 0 Å². The highest BCUT2D eigenvalue weighted by molar-refractivity contribution is 7.14. The minimum absolute atomic E-state index is 0.307. The molecule has 1 aliphatic rings. The molecular formula is C27H30N8S2. The van der Waals surface area contributed by atoms with Gasteiger partial charge >= 0.3 is 0 Å². The van der Waals surface area contributed by atoms with Crippen LogP contribution in [0.1, 0.15) is 50.5 Å². The van der Waals surface area contributed by atoms with Crippen LogP contribution in [0.2, 0.25) is 0 Å². The highest BCUT2D eigenvalue weighted by Gasteiger charge is 2.20. The first-order valence-electron chi connectivity index (χ1n) is 12.7. The Kier molecular flexibility index (Phi) is 6.62. The number of benzene rings is 1. The molecule has 5 aromatic rings. The fourth-order valence-corrected chi connectivity index (χ4v) is 6.17. The van der Waals surface area contributed by atoms with Gasteiger partial charge in [-0.1, -0.05) is 37.3 Å². The molecule has 1 aromatic carbocycles. The Morgan fingerprint density at radius 1 is 1.05 bits per heavy atom. The van der Waals surface area contributed by atoms with E-state index in [0.717, 1.165) is 75.4 Å². The number of nitrogens with two attached hydrogens (primary N) is 1. The predicted molar refractivity (Wildman–Crippen MR) is 153 cm³/mol. The van der Waals surface area contributed by atoms with Crippen molar-refractivity contribution in [2.45, 2.75) is 57.5 Å². The van der Waals surface area contributed by atoms with Crippen molar-refractivity contribution in [2.75, 3.05) is 10.6 Å². The molecule has 4 aromatic heterocycles. The number of imidazole rings is 1. The van der Waals surface area contributed by atoms with Gasteiger partial charge in [0.2, 0.25) is 0 Å². The highest BCUT2D eigenvalue weighted by Crippen LogP contribution is 2.33. The third-order valence-electron chi connectivity index (χ3n) is 6.73. The normalized spacial score (nSPS) is 17.9. The van der Waals surface area contributed by atoms with Crippen molar-refractivity contribution < 1.29 is 0 Å². The Morgan fingerprint density at radius 3 is 2.68 bits per heavy atom. The summed E-state index contributed by atoms with van der Waals surface area (Å²) in [7, 11) is 0. The Labute approximate surface area is 224 Å². The van der Waals surface area contributed by atoms with E-state index in [0.29, 0.717) is 18.0 Å². The highest BCUT2D eigenvalue weighted by atomic mass is 32.1. The molecule has 10 heteroatoms. The summed E-state index contributed by atoms with van der Waals surface area (Å²) in [6.45, 7) is 4.28. The first-order chi connectivity index (χ1) is 18.0. The molecule has 0 atom stereocenters. The fraction of sp³-hybridized carbons (Fsp3) is 0.333. The Morgan fingerprint density at radius 2 is 1.92 bits per heavy atom. The van der Waals surface area contributed by atoms with Crippen LogP contribution in [-0.4, -0.2) is 36.9 Å². The first kappa shape index (κ1) is 24.0. The molecule has 8 nitrogen and oxygen atoms in total. The SMILES string of the molecule is CC(C)c1nnc(-c2cccc(Nc3cc(NC4CCC(N)CC4)nn4c(-c5ccsc5)cnc34)c2)s1. The quantitative estimate of drug-likeness (QED) is 0.220. The minimum atomic E-state index is 0.307. The van der Waals surface area contributed by atoms with Crippen LogP contribution >= 0.6 is 22.7 Å². The van der Waals surface area contributed by atoms with Crippen LogP contribution in [0, 0.1) is 0 Å². The van der Waals surface area contributed by atoms with Crippen LogP contribution in [0.5, 0.6) is 0 Å². The molecule has 1 aliphatic carbocycles. The molecule has 0 saturated heterocycles. The average Bonchev–Trinajstić information content (AvgIpc) is 3.66. The summed E-state index contributed by atoms with van der Waals surface area (Å²) in [6, 6.07) is 13.1. The fourth-order valence-electron chi connectivity index (χ4n) is 4.68. The zero-order valence-corrected chi connectivity index (χ0v) is 22.5. The van der Waals surface area contributed by atoms with Gasteiger partial charge in [0, 0.05) is 46.3 Å². The first-order valence-corrected chi connectivity index (χ1v) is 14.4. The second-order valence-electron chi connectivity index (χ2n) is 9.90. The molecule has 4 N–H and O–H groups in total. The molecule has 6 rings (SSSR count). The van der Waals surface area contributed by atoms with Gasteiger partial charge in [-0.3, -0.25) is 0 Å². The van der Waals surface area contributed by atoms with E-state index in [9.17, 15) is 0 Å². The van der Waals surface area contributed by atoms with Gasteiger partial charge in [0.15, 0.2) is 5.65 Å². The van der Waals surface area contributed by atoms with E-state index in [1.807, 2.05) is 16.8 Å². The molecule has 0 unspecified atom stereocenters. The van der Waals surface area contributed by atoms with Gasteiger partial charge in [-0.2, -0.15) is 11.3 Å². The number of nitrogens with one attached hydrogen (secondary N) is 2.